The van der Waals surface area contributed by atoms with Gasteiger partial charge in [-0.3, -0.25) is 0 Å². The highest BCUT2D eigenvalue weighted by atomic mass is 79.9. The third-order valence-corrected chi connectivity index (χ3v) is 3.09. The SMILES string of the molecule is C=CC(C)NCc1ccc(Br)c(C)c1. The molecule has 1 aromatic rings. The Kier molecular flexibility index (Phi) is 4.36. The molecule has 0 bridgehead atoms. The third-order valence-electron chi connectivity index (χ3n) is 2.20. The van der Waals surface area contributed by atoms with Gasteiger partial charge in [-0.15, -0.1) is 6.58 Å². The van der Waals surface area contributed by atoms with Crippen LogP contribution in [0.25, 0.3) is 0 Å². The Balaban J connectivity index is 2.59. The maximum absolute atomic E-state index is 3.73. The summed E-state index contributed by atoms with van der Waals surface area (Å²) in [6.07, 6.45) is 1.91. The van der Waals surface area contributed by atoms with E-state index in [2.05, 4.69) is 59.9 Å². The number of aryl methyl sites for hydroxylation is 1. The molecule has 14 heavy (non-hydrogen) atoms. The fourth-order valence-corrected chi connectivity index (χ4v) is 1.43. The average molecular weight is 254 g/mol. The molecule has 1 rings (SSSR count). The number of benzene rings is 1. The molecule has 0 aromatic heterocycles. The Labute approximate surface area is 94.3 Å². The number of halogens is 1. The molecule has 1 N–H and O–H groups in total. The summed E-state index contributed by atoms with van der Waals surface area (Å²) in [5, 5.41) is 3.36. The third kappa shape index (κ3) is 3.28. The molecule has 0 aliphatic heterocycles. The lowest BCUT2D eigenvalue weighted by atomic mass is 10.1. The largest absolute Gasteiger partial charge is 0.307 e. The first-order chi connectivity index (χ1) is 6.63. The standard InChI is InChI=1S/C12H16BrN/c1-4-10(3)14-8-11-5-6-12(13)9(2)7-11/h4-7,10,14H,1,8H2,2-3H3. The van der Waals surface area contributed by atoms with Crippen LogP contribution in [0.1, 0.15) is 18.1 Å². The highest BCUT2D eigenvalue weighted by Gasteiger charge is 1.98. The first-order valence-corrected chi connectivity index (χ1v) is 5.53. The van der Waals surface area contributed by atoms with Gasteiger partial charge in [-0.2, -0.15) is 0 Å². The van der Waals surface area contributed by atoms with Gasteiger partial charge in [0.15, 0.2) is 0 Å². The minimum absolute atomic E-state index is 0.360. The molecule has 0 heterocycles. The van der Waals surface area contributed by atoms with Crippen LogP contribution >= 0.6 is 15.9 Å². The second kappa shape index (κ2) is 5.32. The fourth-order valence-electron chi connectivity index (χ4n) is 1.18. The van der Waals surface area contributed by atoms with Crippen LogP contribution in [0.2, 0.25) is 0 Å². The Morgan fingerprint density at radius 2 is 2.29 bits per heavy atom. The van der Waals surface area contributed by atoms with Crippen molar-refractivity contribution in [3.05, 3.63) is 46.5 Å². The molecule has 1 unspecified atom stereocenters. The Hall–Kier alpha value is -0.600. The number of hydrogen-bond acceptors (Lipinski definition) is 1. The lowest BCUT2D eigenvalue weighted by molar-refractivity contribution is 0.634. The van der Waals surface area contributed by atoms with Gasteiger partial charge in [0.2, 0.25) is 0 Å². The van der Waals surface area contributed by atoms with Crippen LogP contribution in [0, 0.1) is 6.92 Å². The van der Waals surface area contributed by atoms with Crippen molar-refractivity contribution in [1.82, 2.24) is 5.32 Å². The normalized spacial score (nSPS) is 12.5. The highest BCUT2D eigenvalue weighted by Crippen LogP contribution is 2.16. The van der Waals surface area contributed by atoms with Gasteiger partial charge >= 0.3 is 0 Å². The fraction of sp³-hybridized carbons (Fsp3) is 0.333. The summed E-state index contributed by atoms with van der Waals surface area (Å²) in [7, 11) is 0. The number of hydrogen-bond donors (Lipinski definition) is 1. The van der Waals surface area contributed by atoms with Crippen molar-refractivity contribution in [3.8, 4) is 0 Å². The minimum Gasteiger partial charge on any atom is -0.307 e. The van der Waals surface area contributed by atoms with E-state index in [0.29, 0.717) is 6.04 Å². The van der Waals surface area contributed by atoms with Gasteiger partial charge in [-0.1, -0.05) is 34.1 Å². The van der Waals surface area contributed by atoms with Gasteiger partial charge in [0.25, 0.3) is 0 Å². The maximum Gasteiger partial charge on any atom is 0.0222 e. The summed E-state index contributed by atoms with van der Waals surface area (Å²) >= 11 is 3.49. The topological polar surface area (TPSA) is 12.0 Å². The van der Waals surface area contributed by atoms with E-state index < -0.39 is 0 Å². The van der Waals surface area contributed by atoms with Crippen molar-refractivity contribution in [2.45, 2.75) is 26.4 Å². The highest BCUT2D eigenvalue weighted by molar-refractivity contribution is 9.10. The molecular weight excluding hydrogens is 238 g/mol. The molecule has 0 saturated carbocycles. The monoisotopic (exact) mass is 253 g/mol. The number of nitrogens with one attached hydrogen (secondary N) is 1. The molecule has 1 nitrogen and oxygen atoms in total. The molecule has 0 spiro atoms. The summed E-state index contributed by atoms with van der Waals surface area (Å²) in [6.45, 7) is 8.82. The molecule has 76 valence electrons. The van der Waals surface area contributed by atoms with Crippen LogP contribution in [-0.2, 0) is 6.54 Å². The zero-order chi connectivity index (χ0) is 10.6. The molecule has 0 amide bonds. The molecule has 0 fully saturated rings. The van der Waals surface area contributed by atoms with Crippen LogP contribution in [0.15, 0.2) is 35.3 Å². The second-order valence-electron chi connectivity index (χ2n) is 3.49. The van der Waals surface area contributed by atoms with Crippen LogP contribution < -0.4 is 5.32 Å². The summed E-state index contributed by atoms with van der Waals surface area (Å²) in [5.41, 5.74) is 2.58. The van der Waals surface area contributed by atoms with E-state index in [1.165, 1.54) is 11.1 Å². The van der Waals surface area contributed by atoms with E-state index in [0.717, 1.165) is 11.0 Å². The number of rotatable bonds is 4. The van der Waals surface area contributed by atoms with Gasteiger partial charge in [-0.05, 0) is 31.0 Å². The van der Waals surface area contributed by atoms with E-state index in [9.17, 15) is 0 Å². The minimum atomic E-state index is 0.360. The maximum atomic E-state index is 3.73. The Morgan fingerprint density at radius 1 is 1.57 bits per heavy atom. The Morgan fingerprint density at radius 3 is 2.86 bits per heavy atom. The molecule has 0 radical (unpaired) electrons. The van der Waals surface area contributed by atoms with E-state index in [1.54, 1.807) is 0 Å². The molecule has 0 aliphatic rings. The van der Waals surface area contributed by atoms with Crippen LogP contribution in [0.5, 0.6) is 0 Å². The quantitative estimate of drug-likeness (QED) is 0.812. The van der Waals surface area contributed by atoms with Crippen molar-refractivity contribution < 1.29 is 0 Å². The molecule has 1 atom stereocenters. The van der Waals surface area contributed by atoms with Crippen molar-refractivity contribution in [3.63, 3.8) is 0 Å². The molecule has 0 saturated heterocycles. The van der Waals surface area contributed by atoms with Crippen molar-refractivity contribution in [2.24, 2.45) is 0 Å². The lowest BCUT2D eigenvalue weighted by Gasteiger charge is -2.09. The van der Waals surface area contributed by atoms with Gasteiger partial charge in [-0.25, -0.2) is 0 Å². The first kappa shape index (κ1) is 11.5. The van der Waals surface area contributed by atoms with Gasteiger partial charge in [0.1, 0.15) is 0 Å². The van der Waals surface area contributed by atoms with E-state index >= 15 is 0 Å². The summed E-state index contributed by atoms with van der Waals surface area (Å²) in [5.74, 6) is 0. The van der Waals surface area contributed by atoms with Crippen molar-refractivity contribution in [2.75, 3.05) is 0 Å². The zero-order valence-electron chi connectivity index (χ0n) is 8.68. The molecule has 1 aromatic carbocycles. The molecule has 2 heteroatoms. The van der Waals surface area contributed by atoms with Gasteiger partial charge in [0.05, 0.1) is 0 Å². The smallest absolute Gasteiger partial charge is 0.0222 e. The van der Waals surface area contributed by atoms with E-state index in [1.807, 2.05) is 6.08 Å². The summed E-state index contributed by atoms with van der Waals surface area (Å²) < 4.78 is 1.16. The first-order valence-electron chi connectivity index (χ1n) is 4.74. The van der Waals surface area contributed by atoms with Crippen molar-refractivity contribution >= 4 is 15.9 Å². The summed E-state index contributed by atoms with van der Waals surface area (Å²) in [4.78, 5) is 0. The second-order valence-corrected chi connectivity index (χ2v) is 4.34. The predicted octanol–water partition coefficient (Wildman–Crippen LogP) is 3.42. The predicted molar refractivity (Wildman–Crippen MR) is 65.4 cm³/mol. The lowest BCUT2D eigenvalue weighted by Crippen LogP contribution is -2.22. The molecular formula is C12H16BrN. The van der Waals surface area contributed by atoms with E-state index in [-0.39, 0.29) is 0 Å². The van der Waals surface area contributed by atoms with Crippen LogP contribution in [0.4, 0.5) is 0 Å². The van der Waals surface area contributed by atoms with Gasteiger partial charge < -0.3 is 5.32 Å². The Bertz CT molecular complexity index is 320. The van der Waals surface area contributed by atoms with Gasteiger partial charge in [0, 0.05) is 17.1 Å². The van der Waals surface area contributed by atoms with Crippen LogP contribution in [0.3, 0.4) is 0 Å². The van der Waals surface area contributed by atoms with E-state index in [4.69, 9.17) is 0 Å². The van der Waals surface area contributed by atoms with Crippen LogP contribution in [-0.4, -0.2) is 6.04 Å². The summed E-state index contributed by atoms with van der Waals surface area (Å²) in [6, 6.07) is 6.76. The average Bonchev–Trinajstić information content (AvgIpc) is 2.19. The molecule has 0 aliphatic carbocycles. The van der Waals surface area contributed by atoms with Crippen molar-refractivity contribution in [1.29, 1.82) is 0 Å². The zero-order valence-corrected chi connectivity index (χ0v) is 10.3.